The van der Waals surface area contributed by atoms with E-state index >= 15 is 0 Å². The number of nitrogens with zero attached hydrogens (tertiary/aromatic N) is 1. The molecule has 1 aromatic rings. The van der Waals surface area contributed by atoms with Crippen LogP contribution in [-0.2, 0) is 0 Å². The summed E-state index contributed by atoms with van der Waals surface area (Å²) < 4.78 is 5.15. The number of carbonyl (C=O) groups is 1. The number of methoxy groups -OCH3 is 1. The van der Waals surface area contributed by atoms with E-state index in [2.05, 4.69) is 5.32 Å². The Bertz CT molecular complexity index is 452. The molecule has 3 N–H and O–H groups in total. The normalized spacial score (nSPS) is 22.4. The van der Waals surface area contributed by atoms with Crippen LogP contribution in [0.25, 0.3) is 0 Å². The maximum absolute atomic E-state index is 12.1. The number of amides is 2. The number of carbonyl (C=O) groups excluding carboxylic acids is 1. The van der Waals surface area contributed by atoms with Crippen LogP contribution < -0.4 is 10.1 Å². The van der Waals surface area contributed by atoms with Gasteiger partial charge in [0.05, 0.1) is 31.5 Å². The first kappa shape index (κ1) is 13.6. The first-order valence-electron chi connectivity index (χ1n) is 6.15. The number of hydrogen-bond acceptors (Lipinski definition) is 4. The summed E-state index contributed by atoms with van der Waals surface area (Å²) in [5.41, 5.74) is 0.563. The molecular formula is C13H18N2O4. The van der Waals surface area contributed by atoms with Crippen molar-refractivity contribution in [3.63, 3.8) is 0 Å². The molecule has 0 unspecified atom stereocenters. The number of hydrogen-bond donors (Lipinski definition) is 3. The number of nitrogens with one attached hydrogen (secondary N) is 1. The quantitative estimate of drug-likeness (QED) is 0.750. The van der Waals surface area contributed by atoms with Crippen molar-refractivity contribution < 1.29 is 19.7 Å². The van der Waals surface area contributed by atoms with Gasteiger partial charge in [-0.3, -0.25) is 0 Å². The molecule has 1 fully saturated rings. The number of anilines is 1. The number of urea groups is 1. The Morgan fingerprint density at radius 3 is 2.95 bits per heavy atom. The first-order chi connectivity index (χ1) is 9.15. The SMILES string of the molecule is COc1ccccc1NC(=O)N1C[C@H](O)C[C@H]1CO. The zero-order chi connectivity index (χ0) is 13.8. The van der Waals surface area contributed by atoms with Crippen LogP contribution in [0.4, 0.5) is 10.5 Å². The summed E-state index contributed by atoms with van der Waals surface area (Å²) in [6, 6.07) is 6.39. The predicted octanol–water partition coefficient (Wildman–Crippen LogP) is 0.655. The minimum absolute atomic E-state index is 0.156. The average molecular weight is 266 g/mol. The van der Waals surface area contributed by atoms with E-state index in [0.29, 0.717) is 17.9 Å². The zero-order valence-electron chi connectivity index (χ0n) is 10.7. The highest BCUT2D eigenvalue weighted by molar-refractivity contribution is 5.91. The van der Waals surface area contributed by atoms with E-state index in [1.54, 1.807) is 18.2 Å². The summed E-state index contributed by atoms with van der Waals surface area (Å²) in [5, 5.41) is 21.5. The lowest BCUT2D eigenvalue weighted by Gasteiger charge is -2.23. The molecule has 0 spiro atoms. The van der Waals surface area contributed by atoms with Crippen LogP contribution >= 0.6 is 0 Å². The Morgan fingerprint density at radius 1 is 1.53 bits per heavy atom. The van der Waals surface area contributed by atoms with Gasteiger partial charge in [-0.1, -0.05) is 12.1 Å². The molecule has 1 aromatic carbocycles. The van der Waals surface area contributed by atoms with Crippen LogP contribution in [0, 0.1) is 0 Å². The van der Waals surface area contributed by atoms with E-state index in [4.69, 9.17) is 4.74 Å². The molecule has 1 saturated heterocycles. The van der Waals surface area contributed by atoms with Gasteiger partial charge in [-0.25, -0.2) is 4.79 Å². The van der Waals surface area contributed by atoms with Gasteiger partial charge >= 0.3 is 6.03 Å². The summed E-state index contributed by atoms with van der Waals surface area (Å²) >= 11 is 0. The molecule has 0 aromatic heterocycles. The van der Waals surface area contributed by atoms with Gasteiger partial charge in [0.2, 0.25) is 0 Å². The number of ether oxygens (including phenoxy) is 1. The minimum atomic E-state index is -0.583. The topological polar surface area (TPSA) is 82.0 Å². The number of rotatable bonds is 3. The van der Waals surface area contributed by atoms with Gasteiger partial charge in [0.1, 0.15) is 5.75 Å². The fourth-order valence-corrected chi connectivity index (χ4v) is 2.25. The number of para-hydroxylation sites is 2. The van der Waals surface area contributed by atoms with E-state index in [-0.39, 0.29) is 25.2 Å². The standard InChI is InChI=1S/C13H18N2O4/c1-19-12-5-3-2-4-11(12)14-13(18)15-7-10(17)6-9(15)8-16/h2-5,9-10,16-17H,6-8H2,1H3,(H,14,18)/t9-,10+/m0/s1. The molecule has 6 heteroatoms. The van der Waals surface area contributed by atoms with Crippen molar-refractivity contribution >= 4 is 11.7 Å². The van der Waals surface area contributed by atoms with Crippen LogP contribution in [0.5, 0.6) is 5.75 Å². The van der Waals surface area contributed by atoms with E-state index in [1.807, 2.05) is 6.07 Å². The van der Waals surface area contributed by atoms with Crippen LogP contribution in [0.15, 0.2) is 24.3 Å². The van der Waals surface area contributed by atoms with Crippen molar-refractivity contribution in [3.05, 3.63) is 24.3 Å². The first-order valence-corrected chi connectivity index (χ1v) is 6.15. The summed E-state index contributed by atoms with van der Waals surface area (Å²) in [7, 11) is 1.53. The Morgan fingerprint density at radius 2 is 2.26 bits per heavy atom. The molecule has 1 heterocycles. The molecule has 1 aliphatic rings. The van der Waals surface area contributed by atoms with Gasteiger partial charge in [0.15, 0.2) is 0 Å². The minimum Gasteiger partial charge on any atom is -0.495 e. The van der Waals surface area contributed by atoms with Crippen LogP contribution in [0.1, 0.15) is 6.42 Å². The summed E-state index contributed by atoms with van der Waals surface area (Å²) in [5.74, 6) is 0.566. The molecule has 104 valence electrons. The van der Waals surface area contributed by atoms with Gasteiger partial charge in [-0.15, -0.1) is 0 Å². The molecule has 0 bridgehead atoms. The number of likely N-dealkylation sites (tertiary alicyclic amines) is 1. The van der Waals surface area contributed by atoms with Crippen molar-refractivity contribution in [1.82, 2.24) is 4.90 Å². The molecular weight excluding hydrogens is 248 g/mol. The molecule has 2 atom stereocenters. The summed E-state index contributed by atoms with van der Waals surface area (Å²) in [4.78, 5) is 13.6. The molecule has 19 heavy (non-hydrogen) atoms. The monoisotopic (exact) mass is 266 g/mol. The van der Waals surface area contributed by atoms with Crippen molar-refractivity contribution in [1.29, 1.82) is 0 Å². The van der Waals surface area contributed by atoms with Crippen molar-refractivity contribution in [2.24, 2.45) is 0 Å². The Labute approximate surface area is 111 Å². The summed E-state index contributed by atoms with van der Waals surface area (Å²) in [6.07, 6.45) is -0.184. The molecule has 2 amide bonds. The maximum atomic E-state index is 12.1. The Hall–Kier alpha value is -1.79. The molecule has 1 aliphatic heterocycles. The van der Waals surface area contributed by atoms with E-state index < -0.39 is 6.10 Å². The predicted molar refractivity (Wildman–Crippen MR) is 70.2 cm³/mol. The Kier molecular flexibility index (Phi) is 4.24. The summed E-state index contributed by atoms with van der Waals surface area (Å²) in [6.45, 7) is 0.0720. The van der Waals surface area contributed by atoms with Crippen LogP contribution in [-0.4, -0.2) is 53.6 Å². The third-order valence-electron chi connectivity index (χ3n) is 3.21. The van der Waals surface area contributed by atoms with Crippen molar-refractivity contribution in [2.75, 3.05) is 25.6 Å². The van der Waals surface area contributed by atoms with Crippen LogP contribution in [0.2, 0.25) is 0 Å². The highest BCUT2D eigenvalue weighted by atomic mass is 16.5. The second kappa shape index (κ2) is 5.90. The zero-order valence-corrected chi connectivity index (χ0v) is 10.7. The molecule has 0 radical (unpaired) electrons. The van der Waals surface area contributed by atoms with Gasteiger partial charge in [0, 0.05) is 6.54 Å². The number of benzene rings is 1. The fourth-order valence-electron chi connectivity index (χ4n) is 2.25. The number of aliphatic hydroxyl groups excluding tert-OH is 2. The molecule has 0 aliphatic carbocycles. The average Bonchev–Trinajstić information content (AvgIpc) is 2.80. The maximum Gasteiger partial charge on any atom is 0.322 e. The molecule has 0 saturated carbocycles. The molecule has 6 nitrogen and oxygen atoms in total. The van der Waals surface area contributed by atoms with E-state index in [0.717, 1.165) is 0 Å². The van der Waals surface area contributed by atoms with E-state index in [1.165, 1.54) is 12.0 Å². The third kappa shape index (κ3) is 2.97. The van der Waals surface area contributed by atoms with Crippen molar-refractivity contribution in [2.45, 2.75) is 18.6 Å². The third-order valence-corrected chi connectivity index (χ3v) is 3.21. The lowest BCUT2D eigenvalue weighted by atomic mass is 10.2. The molecule has 2 rings (SSSR count). The van der Waals surface area contributed by atoms with Gasteiger partial charge < -0.3 is 25.2 Å². The van der Waals surface area contributed by atoms with Crippen LogP contribution in [0.3, 0.4) is 0 Å². The second-order valence-electron chi connectivity index (χ2n) is 4.51. The largest absolute Gasteiger partial charge is 0.495 e. The Balaban J connectivity index is 2.08. The van der Waals surface area contributed by atoms with Gasteiger partial charge in [-0.2, -0.15) is 0 Å². The number of β-amino-alcohol motifs (C(OH)–C–C–N with tert-alkyl or cyclic N) is 1. The fraction of sp³-hybridized carbons (Fsp3) is 0.462. The van der Waals surface area contributed by atoms with E-state index in [9.17, 15) is 15.0 Å². The van der Waals surface area contributed by atoms with Gasteiger partial charge in [0.25, 0.3) is 0 Å². The van der Waals surface area contributed by atoms with Gasteiger partial charge in [-0.05, 0) is 18.6 Å². The highest BCUT2D eigenvalue weighted by Crippen LogP contribution is 2.25. The number of aliphatic hydroxyl groups is 2. The lowest BCUT2D eigenvalue weighted by molar-refractivity contribution is 0.164. The smallest absolute Gasteiger partial charge is 0.322 e. The van der Waals surface area contributed by atoms with Crippen molar-refractivity contribution in [3.8, 4) is 5.75 Å². The highest BCUT2D eigenvalue weighted by Gasteiger charge is 2.34. The second-order valence-corrected chi connectivity index (χ2v) is 4.51. The lowest BCUT2D eigenvalue weighted by Crippen LogP contribution is -2.40.